The van der Waals surface area contributed by atoms with Gasteiger partial charge in [0.25, 0.3) is 0 Å². The molecule has 3 nitrogen and oxygen atoms in total. The Hall–Kier alpha value is -1.77. The Kier molecular flexibility index (Phi) is 12.4. The quantitative estimate of drug-likeness (QED) is 0.103. The van der Waals surface area contributed by atoms with Crippen LogP contribution in [0.3, 0.4) is 0 Å². The van der Waals surface area contributed by atoms with Crippen molar-refractivity contribution in [3.8, 4) is 5.75 Å². The molecule has 4 aliphatic rings. The lowest BCUT2D eigenvalue weighted by Crippen LogP contribution is -2.51. The summed E-state index contributed by atoms with van der Waals surface area (Å²) in [6, 6.07) is 7.60. The van der Waals surface area contributed by atoms with E-state index >= 15 is 0 Å². The Morgan fingerprint density at radius 1 is 0.848 bits per heavy atom. The van der Waals surface area contributed by atoms with Gasteiger partial charge in [0.05, 0.1) is 12.2 Å². The largest absolute Gasteiger partial charge is 0.494 e. The Morgan fingerprint density at radius 2 is 1.59 bits per heavy atom. The second-order valence-corrected chi connectivity index (χ2v) is 17.1. The van der Waals surface area contributed by atoms with Gasteiger partial charge in [-0.15, -0.1) is 0 Å². The summed E-state index contributed by atoms with van der Waals surface area (Å²) in [6.45, 7) is 15.6. The van der Waals surface area contributed by atoms with Crippen molar-refractivity contribution in [3.05, 3.63) is 41.5 Å². The first-order valence-corrected chi connectivity index (χ1v) is 19.8. The second kappa shape index (κ2) is 16.1. The van der Waals surface area contributed by atoms with Gasteiger partial charge in [0.2, 0.25) is 0 Å². The smallest absolute Gasteiger partial charge is 0.338 e. The number of fused-ring (bicyclic) bond motifs is 5. The van der Waals surface area contributed by atoms with E-state index in [1.165, 1.54) is 89.9 Å². The Labute approximate surface area is 283 Å². The summed E-state index contributed by atoms with van der Waals surface area (Å²) in [6.07, 6.45) is 25.7. The van der Waals surface area contributed by atoms with Gasteiger partial charge in [0, 0.05) is 6.42 Å². The first kappa shape index (κ1) is 35.5. The third-order valence-electron chi connectivity index (χ3n) is 13.6. The van der Waals surface area contributed by atoms with Crippen molar-refractivity contribution in [1.29, 1.82) is 0 Å². The van der Waals surface area contributed by atoms with Gasteiger partial charge < -0.3 is 9.47 Å². The van der Waals surface area contributed by atoms with Crippen LogP contribution in [0.1, 0.15) is 167 Å². The molecule has 8 atom stereocenters. The molecule has 0 amide bonds. The highest BCUT2D eigenvalue weighted by molar-refractivity contribution is 5.89. The average molecular weight is 633 g/mol. The molecule has 5 rings (SSSR count). The molecule has 4 aliphatic carbocycles. The molecule has 0 bridgehead atoms. The van der Waals surface area contributed by atoms with E-state index in [0.717, 1.165) is 73.5 Å². The van der Waals surface area contributed by atoms with Gasteiger partial charge in [-0.1, -0.05) is 111 Å². The third kappa shape index (κ3) is 8.08. The van der Waals surface area contributed by atoms with Crippen LogP contribution in [-0.2, 0) is 4.74 Å². The fourth-order valence-electron chi connectivity index (χ4n) is 10.9. The molecule has 3 fully saturated rings. The maximum atomic E-state index is 13.2. The van der Waals surface area contributed by atoms with E-state index in [-0.39, 0.29) is 17.5 Å². The van der Waals surface area contributed by atoms with Crippen molar-refractivity contribution < 1.29 is 14.3 Å². The fraction of sp³-hybridized carbons (Fsp3) is 0.791. The van der Waals surface area contributed by atoms with Gasteiger partial charge in [-0.25, -0.2) is 4.79 Å². The molecule has 1 aromatic rings. The first-order valence-electron chi connectivity index (χ1n) is 19.8. The van der Waals surface area contributed by atoms with Gasteiger partial charge in [0.1, 0.15) is 11.9 Å². The van der Waals surface area contributed by atoms with Gasteiger partial charge in [0.15, 0.2) is 0 Å². The molecule has 0 radical (unpaired) electrons. The van der Waals surface area contributed by atoms with Gasteiger partial charge in [-0.2, -0.15) is 0 Å². The van der Waals surface area contributed by atoms with Gasteiger partial charge in [-0.3, -0.25) is 0 Å². The van der Waals surface area contributed by atoms with E-state index in [0.29, 0.717) is 11.0 Å². The molecule has 0 heterocycles. The predicted octanol–water partition coefficient (Wildman–Crippen LogP) is 12.4. The van der Waals surface area contributed by atoms with E-state index in [1.54, 1.807) is 5.57 Å². The standard InChI is InChI=1S/C43H68O3/c1-7-8-9-10-11-12-13-29-45-35-20-17-33(18-21-35)41(44)46-36-25-27-42(5)34(30-36)19-22-37-39-24-23-38(32(4)16-14-15-31(2)3)43(39,6)28-26-40(37)42/h17-21,31-32,36-40H,7-16,22-30H2,1-6H3/t32?,36-,37?,38?,39?,40?,42-,43+/m0/s1. The normalized spacial score (nSPS) is 32.7. The zero-order valence-corrected chi connectivity index (χ0v) is 30.6. The number of allylic oxidation sites excluding steroid dienone is 1. The van der Waals surface area contributed by atoms with Crippen LogP contribution in [0.15, 0.2) is 35.9 Å². The summed E-state index contributed by atoms with van der Waals surface area (Å²) in [4.78, 5) is 13.2. The lowest BCUT2D eigenvalue weighted by atomic mass is 9.47. The minimum Gasteiger partial charge on any atom is -0.494 e. The Morgan fingerprint density at radius 3 is 2.33 bits per heavy atom. The molecule has 5 unspecified atom stereocenters. The highest BCUT2D eigenvalue weighted by Gasteiger charge is 2.59. The number of unbranched alkanes of at least 4 members (excludes halogenated alkanes) is 6. The van der Waals surface area contributed by atoms with Gasteiger partial charge in [-0.05, 0) is 122 Å². The van der Waals surface area contributed by atoms with Crippen molar-refractivity contribution in [2.75, 3.05) is 6.61 Å². The topological polar surface area (TPSA) is 35.5 Å². The molecular formula is C43H68O3. The van der Waals surface area contributed by atoms with Crippen LogP contribution >= 0.6 is 0 Å². The maximum absolute atomic E-state index is 13.2. The lowest BCUT2D eigenvalue weighted by Gasteiger charge is -2.58. The van der Waals surface area contributed by atoms with E-state index in [9.17, 15) is 4.79 Å². The molecule has 3 saturated carbocycles. The molecule has 0 aromatic heterocycles. The zero-order chi connectivity index (χ0) is 32.7. The summed E-state index contributed by atoms with van der Waals surface area (Å²) >= 11 is 0. The van der Waals surface area contributed by atoms with E-state index in [1.807, 2.05) is 24.3 Å². The number of ether oxygens (including phenoxy) is 2. The number of esters is 1. The second-order valence-electron chi connectivity index (χ2n) is 17.1. The average Bonchev–Trinajstić information content (AvgIpc) is 3.40. The molecular weight excluding hydrogens is 564 g/mol. The highest BCUT2D eigenvalue weighted by atomic mass is 16.5. The summed E-state index contributed by atoms with van der Waals surface area (Å²) in [5, 5.41) is 0. The van der Waals surface area contributed by atoms with Crippen molar-refractivity contribution in [2.45, 2.75) is 163 Å². The number of benzene rings is 1. The minimum atomic E-state index is -0.186. The molecule has 3 heteroatoms. The fourth-order valence-corrected chi connectivity index (χ4v) is 10.9. The predicted molar refractivity (Wildman–Crippen MR) is 192 cm³/mol. The van der Waals surface area contributed by atoms with E-state index in [4.69, 9.17) is 9.47 Å². The van der Waals surface area contributed by atoms with E-state index < -0.39 is 0 Å². The number of hydrogen-bond acceptors (Lipinski definition) is 3. The van der Waals surface area contributed by atoms with Crippen molar-refractivity contribution >= 4 is 5.97 Å². The van der Waals surface area contributed by atoms with Crippen LogP contribution in [-0.4, -0.2) is 18.7 Å². The molecule has 0 spiro atoms. The monoisotopic (exact) mass is 633 g/mol. The number of rotatable bonds is 16. The lowest BCUT2D eigenvalue weighted by molar-refractivity contribution is -0.0594. The third-order valence-corrected chi connectivity index (χ3v) is 13.6. The van der Waals surface area contributed by atoms with Crippen molar-refractivity contribution in [2.24, 2.45) is 46.3 Å². The van der Waals surface area contributed by atoms with Crippen LogP contribution < -0.4 is 4.74 Å². The van der Waals surface area contributed by atoms with Crippen LogP contribution in [0.4, 0.5) is 0 Å². The highest BCUT2D eigenvalue weighted by Crippen LogP contribution is 2.67. The molecule has 46 heavy (non-hydrogen) atoms. The van der Waals surface area contributed by atoms with Crippen molar-refractivity contribution in [1.82, 2.24) is 0 Å². The van der Waals surface area contributed by atoms with Crippen LogP contribution in [0, 0.1) is 46.3 Å². The van der Waals surface area contributed by atoms with Crippen LogP contribution in [0.5, 0.6) is 5.75 Å². The van der Waals surface area contributed by atoms with Crippen LogP contribution in [0.25, 0.3) is 0 Å². The molecule has 0 aliphatic heterocycles. The maximum Gasteiger partial charge on any atom is 0.338 e. The van der Waals surface area contributed by atoms with Crippen molar-refractivity contribution in [3.63, 3.8) is 0 Å². The number of carbonyl (C=O) groups excluding carboxylic acids is 1. The number of hydrogen-bond donors (Lipinski definition) is 0. The summed E-state index contributed by atoms with van der Waals surface area (Å²) in [7, 11) is 0. The zero-order valence-electron chi connectivity index (χ0n) is 30.6. The molecule has 258 valence electrons. The summed E-state index contributed by atoms with van der Waals surface area (Å²) in [5.41, 5.74) is 3.03. The minimum absolute atomic E-state index is 0.00645. The SMILES string of the molecule is CCCCCCCCCOc1ccc(C(=O)O[C@H]2CC[C@@]3(C)C(=CCC4C5CCC(C(C)CCCC(C)C)[C@@]5(C)CCC43)C2)cc1. The van der Waals surface area contributed by atoms with Gasteiger partial charge >= 0.3 is 5.97 Å². The first-order chi connectivity index (χ1) is 22.2. The molecule has 0 N–H and O–H groups in total. The Bertz CT molecular complexity index is 1140. The molecule has 0 saturated heterocycles. The summed E-state index contributed by atoms with van der Waals surface area (Å²) in [5.74, 6) is 5.77. The Balaban J connectivity index is 1.10. The summed E-state index contributed by atoms with van der Waals surface area (Å²) < 4.78 is 12.1. The van der Waals surface area contributed by atoms with E-state index in [2.05, 4.69) is 47.6 Å². The molecule has 1 aromatic carbocycles. The number of carbonyl (C=O) groups is 1. The van der Waals surface area contributed by atoms with Crippen LogP contribution in [0.2, 0.25) is 0 Å².